The molecular formula is C17H28N4O3. The van der Waals surface area contributed by atoms with Crippen molar-refractivity contribution < 1.29 is 14.2 Å². The average molecular weight is 336 g/mol. The van der Waals surface area contributed by atoms with Gasteiger partial charge >= 0.3 is 0 Å². The molecule has 134 valence electrons. The van der Waals surface area contributed by atoms with E-state index in [2.05, 4.69) is 26.7 Å². The van der Waals surface area contributed by atoms with Gasteiger partial charge in [0.1, 0.15) is 0 Å². The SMILES string of the molecule is COc1cc(OC)nc(N2CCC(C(C)N3CCOCC3)CC2)n1. The van der Waals surface area contributed by atoms with Crippen LogP contribution in [0.1, 0.15) is 19.8 Å². The molecule has 3 rings (SSSR count). The minimum atomic E-state index is 0.542. The lowest BCUT2D eigenvalue weighted by molar-refractivity contribution is 0.00446. The van der Waals surface area contributed by atoms with Crippen molar-refractivity contribution in [2.75, 3.05) is 58.5 Å². The molecule has 1 atom stereocenters. The fraction of sp³-hybridized carbons (Fsp3) is 0.765. The van der Waals surface area contributed by atoms with E-state index in [4.69, 9.17) is 14.2 Å². The number of piperidine rings is 1. The molecule has 24 heavy (non-hydrogen) atoms. The molecule has 1 aromatic heterocycles. The lowest BCUT2D eigenvalue weighted by atomic mass is 9.89. The van der Waals surface area contributed by atoms with E-state index < -0.39 is 0 Å². The van der Waals surface area contributed by atoms with Crippen molar-refractivity contribution in [2.45, 2.75) is 25.8 Å². The van der Waals surface area contributed by atoms with Crippen molar-refractivity contribution in [1.29, 1.82) is 0 Å². The zero-order valence-electron chi connectivity index (χ0n) is 14.9. The highest BCUT2D eigenvalue weighted by atomic mass is 16.5. The first kappa shape index (κ1) is 17.2. The number of aromatic nitrogens is 2. The monoisotopic (exact) mass is 336 g/mol. The Bertz CT molecular complexity index is 506. The molecule has 7 nitrogen and oxygen atoms in total. The largest absolute Gasteiger partial charge is 0.481 e. The Morgan fingerprint density at radius 3 is 2.17 bits per heavy atom. The Hall–Kier alpha value is -1.60. The Labute approximate surface area is 143 Å². The molecule has 2 aliphatic heterocycles. The van der Waals surface area contributed by atoms with Crippen LogP contribution in [-0.2, 0) is 4.74 Å². The minimum Gasteiger partial charge on any atom is -0.481 e. The second kappa shape index (κ2) is 7.98. The van der Waals surface area contributed by atoms with Crippen LogP contribution in [0.4, 0.5) is 5.95 Å². The topological polar surface area (TPSA) is 60.0 Å². The zero-order valence-corrected chi connectivity index (χ0v) is 14.9. The van der Waals surface area contributed by atoms with Crippen LogP contribution >= 0.6 is 0 Å². The first-order chi connectivity index (χ1) is 11.7. The molecule has 0 radical (unpaired) electrons. The quantitative estimate of drug-likeness (QED) is 0.806. The molecule has 0 aromatic carbocycles. The third kappa shape index (κ3) is 3.89. The van der Waals surface area contributed by atoms with Gasteiger partial charge in [-0.2, -0.15) is 9.97 Å². The van der Waals surface area contributed by atoms with Crippen molar-refractivity contribution in [3.8, 4) is 11.8 Å². The first-order valence-electron chi connectivity index (χ1n) is 8.75. The lowest BCUT2D eigenvalue weighted by Crippen LogP contribution is -2.48. The standard InChI is InChI=1S/C17H28N4O3/c1-13(20-8-10-24-11-9-20)14-4-6-21(7-5-14)17-18-15(22-2)12-16(19-17)23-3/h12-14H,4-11H2,1-3H3. The van der Waals surface area contributed by atoms with Gasteiger partial charge in [0.25, 0.3) is 0 Å². The second-order valence-electron chi connectivity index (χ2n) is 6.47. The number of anilines is 1. The van der Waals surface area contributed by atoms with E-state index in [1.807, 2.05) is 0 Å². The van der Waals surface area contributed by atoms with Gasteiger partial charge in [0.15, 0.2) is 0 Å². The van der Waals surface area contributed by atoms with Crippen LogP contribution in [-0.4, -0.2) is 74.5 Å². The predicted molar refractivity (Wildman–Crippen MR) is 91.9 cm³/mol. The van der Waals surface area contributed by atoms with E-state index in [1.165, 1.54) is 0 Å². The van der Waals surface area contributed by atoms with Crippen LogP contribution in [0, 0.1) is 5.92 Å². The minimum absolute atomic E-state index is 0.542. The normalized spacial score (nSPS) is 21.5. The summed E-state index contributed by atoms with van der Waals surface area (Å²) in [7, 11) is 3.23. The second-order valence-corrected chi connectivity index (χ2v) is 6.47. The van der Waals surface area contributed by atoms with Crippen molar-refractivity contribution in [3.63, 3.8) is 0 Å². The fourth-order valence-electron chi connectivity index (χ4n) is 3.61. The van der Waals surface area contributed by atoms with Gasteiger partial charge < -0.3 is 19.1 Å². The molecule has 1 unspecified atom stereocenters. The van der Waals surface area contributed by atoms with Crippen LogP contribution in [0.25, 0.3) is 0 Å². The van der Waals surface area contributed by atoms with Gasteiger partial charge in [-0.15, -0.1) is 0 Å². The Morgan fingerprint density at radius 2 is 1.62 bits per heavy atom. The summed E-state index contributed by atoms with van der Waals surface area (Å²) in [6.45, 7) is 8.12. The van der Waals surface area contributed by atoms with Gasteiger partial charge in [-0.1, -0.05) is 0 Å². The molecular weight excluding hydrogens is 308 g/mol. The average Bonchev–Trinajstić information content (AvgIpc) is 2.67. The summed E-state index contributed by atoms with van der Waals surface area (Å²) in [5.41, 5.74) is 0. The van der Waals surface area contributed by atoms with Gasteiger partial charge in [-0.3, -0.25) is 4.90 Å². The highest BCUT2D eigenvalue weighted by Crippen LogP contribution is 2.28. The molecule has 2 fully saturated rings. The Morgan fingerprint density at radius 1 is 1.04 bits per heavy atom. The summed E-state index contributed by atoms with van der Waals surface area (Å²) in [5.74, 6) is 2.50. The summed E-state index contributed by atoms with van der Waals surface area (Å²) in [6, 6.07) is 2.31. The molecule has 3 heterocycles. The van der Waals surface area contributed by atoms with Crippen LogP contribution in [0.3, 0.4) is 0 Å². The Kier molecular flexibility index (Phi) is 5.73. The maximum atomic E-state index is 5.47. The van der Waals surface area contributed by atoms with E-state index in [0.717, 1.165) is 52.2 Å². The molecule has 2 saturated heterocycles. The summed E-state index contributed by atoms with van der Waals surface area (Å²) in [5, 5.41) is 0. The van der Waals surface area contributed by atoms with Crippen molar-refractivity contribution in [3.05, 3.63) is 6.07 Å². The maximum Gasteiger partial charge on any atom is 0.231 e. The van der Waals surface area contributed by atoms with E-state index >= 15 is 0 Å². The van der Waals surface area contributed by atoms with Gasteiger partial charge in [0.2, 0.25) is 17.7 Å². The summed E-state index contributed by atoms with van der Waals surface area (Å²) in [4.78, 5) is 13.7. The molecule has 0 bridgehead atoms. The van der Waals surface area contributed by atoms with Gasteiger partial charge in [0, 0.05) is 32.2 Å². The van der Waals surface area contributed by atoms with Crippen molar-refractivity contribution in [2.24, 2.45) is 5.92 Å². The number of ether oxygens (including phenoxy) is 3. The summed E-state index contributed by atoms with van der Waals surface area (Å²) < 4.78 is 16.0. The number of rotatable bonds is 5. The van der Waals surface area contributed by atoms with Crippen LogP contribution in [0.5, 0.6) is 11.8 Å². The molecule has 0 N–H and O–H groups in total. The molecule has 7 heteroatoms. The molecule has 0 spiro atoms. The molecule has 1 aromatic rings. The lowest BCUT2D eigenvalue weighted by Gasteiger charge is -2.41. The molecule has 0 amide bonds. The highest BCUT2D eigenvalue weighted by molar-refractivity contribution is 5.37. The first-order valence-corrected chi connectivity index (χ1v) is 8.75. The van der Waals surface area contributed by atoms with Crippen molar-refractivity contribution >= 4 is 5.95 Å². The fourth-order valence-corrected chi connectivity index (χ4v) is 3.61. The van der Waals surface area contributed by atoms with E-state index in [0.29, 0.717) is 29.7 Å². The third-order valence-corrected chi connectivity index (χ3v) is 5.21. The van der Waals surface area contributed by atoms with E-state index in [-0.39, 0.29) is 0 Å². The number of hydrogen-bond acceptors (Lipinski definition) is 7. The summed E-state index contributed by atoms with van der Waals surface area (Å²) >= 11 is 0. The zero-order chi connectivity index (χ0) is 16.9. The third-order valence-electron chi connectivity index (χ3n) is 5.21. The molecule has 2 aliphatic rings. The van der Waals surface area contributed by atoms with Gasteiger partial charge in [-0.25, -0.2) is 0 Å². The molecule has 0 aliphatic carbocycles. The molecule has 0 saturated carbocycles. The van der Waals surface area contributed by atoms with Gasteiger partial charge in [0.05, 0.1) is 33.5 Å². The van der Waals surface area contributed by atoms with Crippen LogP contribution in [0.2, 0.25) is 0 Å². The van der Waals surface area contributed by atoms with E-state index in [9.17, 15) is 0 Å². The number of methoxy groups -OCH3 is 2. The smallest absolute Gasteiger partial charge is 0.231 e. The van der Waals surface area contributed by atoms with Crippen LogP contribution < -0.4 is 14.4 Å². The highest BCUT2D eigenvalue weighted by Gasteiger charge is 2.29. The van der Waals surface area contributed by atoms with E-state index in [1.54, 1.807) is 20.3 Å². The number of hydrogen-bond donors (Lipinski definition) is 0. The summed E-state index contributed by atoms with van der Waals surface area (Å²) in [6.07, 6.45) is 2.31. The Balaban J connectivity index is 1.60. The number of nitrogens with zero attached hydrogens (tertiary/aromatic N) is 4. The van der Waals surface area contributed by atoms with Gasteiger partial charge in [-0.05, 0) is 25.7 Å². The van der Waals surface area contributed by atoms with Crippen molar-refractivity contribution in [1.82, 2.24) is 14.9 Å². The maximum absolute atomic E-state index is 5.47. The number of morpholine rings is 1. The van der Waals surface area contributed by atoms with Crippen LogP contribution in [0.15, 0.2) is 6.07 Å². The predicted octanol–water partition coefficient (Wildman–Crippen LogP) is 1.43.